The highest BCUT2D eigenvalue weighted by atomic mass is 16.5. The average molecular weight is 342 g/mol. The first-order valence-electron chi connectivity index (χ1n) is 7.99. The van der Waals surface area contributed by atoms with Crippen LogP contribution in [0.2, 0.25) is 0 Å². The summed E-state index contributed by atoms with van der Waals surface area (Å²) in [4.78, 5) is 12.5. The zero-order chi connectivity index (χ0) is 18.2. The van der Waals surface area contributed by atoms with Crippen LogP contribution in [0.15, 0.2) is 42.5 Å². The number of allylic oxidation sites excluding steroid dienone is 1. The summed E-state index contributed by atoms with van der Waals surface area (Å²) in [6.07, 6.45) is 3.91. The molecule has 25 heavy (non-hydrogen) atoms. The minimum Gasteiger partial charge on any atom is -0.507 e. The second-order valence-corrected chi connectivity index (χ2v) is 5.34. The lowest BCUT2D eigenvalue weighted by molar-refractivity contribution is 0.104. The van der Waals surface area contributed by atoms with Crippen molar-refractivity contribution in [2.24, 2.45) is 0 Å². The maximum atomic E-state index is 12.5. The van der Waals surface area contributed by atoms with Gasteiger partial charge in [-0.15, -0.1) is 0 Å². The van der Waals surface area contributed by atoms with Crippen LogP contribution in [-0.2, 0) is 0 Å². The zero-order valence-electron chi connectivity index (χ0n) is 14.6. The minimum absolute atomic E-state index is 0.108. The van der Waals surface area contributed by atoms with Crippen molar-refractivity contribution in [2.45, 2.75) is 13.3 Å². The third kappa shape index (κ3) is 4.76. The van der Waals surface area contributed by atoms with Gasteiger partial charge >= 0.3 is 0 Å². The van der Waals surface area contributed by atoms with Crippen molar-refractivity contribution in [3.8, 4) is 23.0 Å². The van der Waals surface area contributed by atoms with E-state index >= 15 is 0 Å². The second-order valence-electron chi connectivity index (χ2n) is 5.34. The molecule has 0 aliphatic rings. The van der Waals surface area contributed by atoms with Crippen LogP contribution in [0.4, 0.5) is 0 Å². The molecule has 132 valence electrons. The molecule has 5 heteroatoms. The largest absolute Gasteiger partial charge is 0.507 e. The van der Waals surface area contributed by atoms with E-state index in [2.05, 4.69) is 0 Å². The number of hydrogen-bond donors (Lipinski definition) is 1. The lowest BCUT2D eigenvalue weighted by Crippen LogP contribution is -2.02. The van der Waals surface area contributed by atoms with Crippen LogP contribution in [0.25, 0.3) is 6.08 Å². The number of ketones is 1. The fourth-order valence-electron chi connectivity index (χ4n) is 2.26. The first-order valence-corrected chi connectivity index (χ1v) is 7.99. The molecule has 0 spiro atoms. The van der Waals surface area contributed by atoms with Crippen LogP contribution in [-0.4, -0.2) is 31.7 Å². The molecule has 0 unspecified atom stereocenters. The Hall–Kier alpha value is -2.95. The minimum atomic E-state index is -0.354. The van der Waals surface area contributed by atoms with Crippen LogP contribution in [0.3, 0.4) is 0 Å². The molecule has 1 N–H and O–H groups in total. The molecule has 0 saturated heterocycles. The van der Waals surface area contributed by atoms with E-state index in [0.717, 1.165) is 17.7 Å². The van der Waals surface area contributed by atoms with Crippen LogP contribution in [0.1, 0.15) is 29.3 Å². The molecule has 2 aromatic rings. The molecule has 2 rings (SSSR count). The fraction of sp³-hybridized carbons (Fsp3) is 0.250. The number of phenolic OH excluding ortho intramolecular Hbond substituents is 1. The Balaban J connectivity index is 2.23. The maximum absolute atomic E-state index is 12.5. The second kappa shape index (κ2) is 8.78. The van der Waals surface area contributed by atoms with E-state index in [-0.39, 0.29) is 22.8 Å². The number of hydrogen-bond acceptors (Lipinski definition) is 5. The van der Waals surface area contributed by atoms with Gasteiger partial charge in [-0.1, -0.05) is 25.1 Å². The fourth-order valence-corrected chi connectivity index (χ4v) is 2.26. The summed E-state index contributed by atoms with van der Waals surface area (Å²) in [6.45, 7) is 2.51. The molecular formula is C20H22O5. The molecule has 2 aromatic carbocycles. The topological polar surface area (TPSA) is 65.0 Å². The van der Waals surface area contributed by atoms with Gasteiger partial charge in [0.2, 0.25) is 0 Å². The highest BCUT2D eigenvalue weighted by Crippen LogP contribution is 2.34. The van der Waals surface area contributed by atoms with E-state index in [0.29, 0.717) is 12.4 Å². The summed E-state index contributed by atoms with van der Waals surface area (Å²) in [7, 11) is 3.04. The number of carbonyl (C=O) groups excluding carboxylic acids is 1. The molecule has 0 amide bonds. The van der Waals surface area contributed by atoms with Crippen molar-refractivity contribution < 1.29 is 24.1 Å². The van der Waals surface area contributed by atoms with Crippen molar-refractivity contribution >= 4 is 11.9 Å². The highest BCUT2D eigenvalue weighted by Gasteiger charge is 2.17. The molecule has 0 bridgehead atoms. The Labute approximate surface area is 147 Å². The summed E-state index contributed by atoms with van der Waals surface area (Å²) in [5.41, 5.74) is 0.951. The number of carbonyl (C=O) groups is 1. The van der Waals surface area contributed by atoms with Gasteiger partial charge in [0, 0.05) is 12.1 Å². The number of phenols is 1. The van der Waals surface area contributed by atoms with Crippen LogP contribution >= 0.6 is 0 Å². The molecule has 0 aliphatic carbocycles. The Morgan fingerprint density at radius 1 is 1.08 bits per heavy atom. The quantitative estimate of drug-likeness (QED) is 0.578. The molecule has 0 radical (unpaired) electrons. The normalized spacial score (nSPS) is 10.7. The zero-order valence-corrected chi connectivity index (χ0v) is 14.6. The van der Waals surface area contributed by atoms with Crippen LogP contribution < -0.4 is 14.2 Å². The monoisotopic (exact) mass is 342 g/mol. The summed E-state index contributed by atoms with van der Waals surface area (Å²) in [5, 5.41) is 10.2. The maximum Gasteiger partial charge on any atom is 0.193 e. The Kier molecular flexibility index (Phi) is 6.46. The van der Waals surface area contributed by atoms with Gasteiger partial charge in [-0.05, 0) is 30.2 Å². The number of rotatable bonds is 8. The van der Waals surface area contributed by atoms with Crippen molar-refractivity contribution in [1.82, 2.24) is 0 Å². The molecule has 0 aliphatic heterocycles. The van der Waals surface area contributed by atoms with Crippen molar-refractivity contribution in [3.63, 3.8) is 0 Å². The molecule has 5 nitrogen and oxygen atoms in total. The van der Waals surface area contributed by atoms with E-state index in [1.807, 2.05) is 31.2 Å². The van der Waals surface area contributed by atoms with E-state index in [1.165, 1.54) is 19.3 Å². The van der Waals surface area contributed by atoms with E-state index in [9.17, 15) is 9.90 Å². The number of ether oxygens (including phenoxy) is 3. The van der Waals surface area contributed by atoms with Crippen molar-refractivity contribution in [2.75, 3.05) is 20.8 Å². The summed E-state index contributed by atoms with van der Waals surface area (Å²) in [6, 6.07) is 10.3. The average Bonchev–Trinajstić information content (AvgIpc) is 2.64. The van der Waals surface area contributed by atoms with Crippen molar-refractivity contribution in [1.29, 1.82) is 0 Å². The van der Waals surface area contributed by atoms with Gasteiger partial charge < -0.3 is 19.3 Å². The third-order valence-electron chi connectivity index (χ3n) is 3.54. The number of benzene rings is 2. The molecular weight excluding hydrogens is 320 g/mol. The Morgan fingerprint density at radius 3 is 2.40 bits per heavy atom. The summed E-state index contributed by atoms with van der Waals surface area (Å²) in [5.74, 6) is 0.954. The van der Waals surface area contributed by atoms with E-state index in [1.54, 1.807) is 19.3 Å². The highest BCUT2D eigenvalue weighted by molar-refractivity contribution is 6.10. The lowest BCUT2D eigenvalue weighted by Gasteiger charge is -2.12. The smallest absolute Gasteiger partial charge is 0.193 e. The van der Waals surface area contributed by atoms with Gasteiger partial charge in [-0.3, -0.25) is 4.79 Å². The summed E-state index contributed by atoms with van der Waals surface area (Å²) >= 11 is 0. The van der Waals surface area contributed by atoms with Gasteiger partial charge in [0.15, 0.2) is 5.78 Å². The first-order chi connectivity index (χ1) is 12.1. The van der Waals surface area contributed by atoms with Crippen LogP contribution in [0.5, 0.6) is 23.0 Å². The molecule has 0 aromatic heterocycles. The van der Waals surface area contributed by atoms with Crippen LogP contribution in [0, 0.1) is 0 Å². The van der Waals surface area contributed by atoms with E-state index < -0.39 is 0 Å². The predicted molar refractivity (Wildman–Crippen MR) is 96.8 cm³/mol. The van der Waals surface area contributed by atoms with E-state index in [4.69, 9.17) is 14.2 Å². The first kappa shape index (κ1) is 18.4. The Bertz CT molecular complexity index is 747. The summed E-state index contributed by atoms with van der Waals surface area (Å²) < 4.78 is 15.8. The third-order valence-corrected chi connectivity index (χ3v) is 3.54. The molecule has 0 atom stereocenters. The van der Waals surface area contributed by atoms with Gasteiger partial charge in [-0.2, -0.15) is 0 Å². The SMILES string of the molecule is CCCOc1cc(O)c(C(=O)C=Cc2ccc(OC)cc2)c(OC)c1. The number of aromatic hydroxyl groups is 1. The number of methoxy groups -OCH3 is 2. The van der Waals surface area contributed by atoms with Gasteiger partial charge in [0.1, 0.15) is 28.6 Å². The lowest BCUT2D eigenvalue weighted by atomic mass is 10.1. The Morgan fingerprint density at radius 2 is 1.80 bits per heavy atom. The molecule has 0 saturated carbocycles. The standard InChI is InChI=1S/C20H22O5/c1-4-11-25-16-12-18(22)20(19(13-16)24-3)17(21)10-7-14-5-8-15(23-2)9-6-14/h5-10,12-13,22H,4,11H2,1-3H3. The molecule has 0 fully saturated rings. The molecule has 0 heterocycles. The van der Waals surface area contributed by atoms with Gasteiger partial charge in [-0.25, -0.2) is 0 Å². The predicted octanol–water partition coefficient (Wildman–Crippen LogP) is 4.09. The van der Waals surface area contributed by atoms with Crippen molar-refractivity contribution in [3.05, 3.63) is 53.6 Å². The van der Waals surface area contributed by atoms with Gasteiger partial charge in [0.05, 0.1) is 20.8 Å². The van der Waals surface area contributed by atoms with Gasteiger partial charge in [0.25, 0.3) is 0 Å².